The molecule has 6 heteroatoms. The van der Waals surface area contributed by atoms with Gasteiger partial charge in [0.2, 0.25) is 5.91 Å². The third kappa shape index (κ3) is 3.93. The highest BCUT2D eigenvalue weighted by molar-refractivity contribution is 5.84. The number of nitrogens with one attached hydrogen (secondary N) is 1. The molecule has 0 aliphatic carbocycles. The van der Waals surface area contributed by atoms with Crippen molar-refractivity contribution in [2.24, 2.45) is 5.41 Å². The van der Waals surface area contributed by atoms with Gasteiger partial charge >= 0.3 is 5.97 Å². The summed E-state index contributed by atoms with van der Waals surface area (Å²) in [6.45, 7) is 6.17. The number of carbonyl (C=O) groups is 2. The Morgan fingerprint density at radius 3 is 2.45 bits per heavy atom. The van der Waals surface area contributed by atoms with Gasteiger partial charge in [0.05, 0.1) is 18.4 Å². The molecule has 1 rings (SSSR count). The molecule has 1 aliphatic heterocycles. The lowest BCUT2D eigenvalue weighted by Crippen LogP contribution is -2.54. The van der Waals surface area contributed by atoms with E-state index in [0.29, 0.717) is 13.2 Å². The quantitative estimate of drug-likeness (QED) is 0.721. The fraction of sp³-hybridized carbons (Fsp3) is 0.857. The monoisotopic (exact) mass is 286 g/mol. The van der Waals surface area contributed by atoms with Gasteiger partial charge in [-0.3, -0.25) is 9.59 Å². The number of hydrogen-bond acceptors (Lipinski definition) is 4. The van der Waals surface area contributed by atoms with E-state index in [2.05, 4.69) is 5.32 Å². The fourth-order valence-corrected chi connectivity index (χ4v) is 2.92. The zero-order chi connectivity index (χ0) is 15.2. The maximum Gasteiger partial charge on any atom is 0.305 e. The maximum absolute atomic E-state index is 12.9. The summed E-state index contributed by atoms with van der Waals surface area (Å²) in [5.41, 5.74) is -0.511. The Morgan fingerprint density at radius 2 is 2.00 bits per heavy atom. The molecule has 0 aromatic carbocycles. The lowest BCUT2D eigenvalue weighted by atomic mass is 9.78. The zero-order valence-electron chi connectivity index (χ0n) is 12.6. The summed E-state index contributed by atoms with van der Waals surface area (Å²) in [6.07, 6.45) is 1.44. The van der Waals surface area contributed by atoms with Crippen molar-refractivity contribution in [2.45, 2.75) is 39.2 Å². The van der Waals surface area contributed by atoms with Gasteiger partial charge in [0.25, 0.3) is 0 Å². The number of carboxylic acids is 1. The lowest BCUT2D eigenvalue weighted by molar-refractivity contribution is -0.151. The van der Waals surface area contributed by atoms with Crippen LogP contribution in [0.25, 0.3) is 0 Å². The van der Waals surface area contributed by atoms with E-state index in [4.69, 9.17) is 9.84 Å². The Hall–Kier alpha value is -1.14. The Bertz CT molecular complexity index is 335. The molecule has 1 aliphatic rings. The lowest BCUT2D eigenvalue weighted by Gasteiger charge is -2.41. The van der Waals surface area contributed by atoms with Crippen molar-refractivity contribution in [1.29, 1.82) is 0 Å². The smallest absolute Gasteiger partial charge is 0.305 e. The highest BCUT2D eigenvalue weighted by Gasteiger charge is 2.43. The molecule has 1 atom stereocenters. The van der Waals surface area contributed by atoms with Gasteiger partial charge < -0.3 is 20.1 Å². The number of amides is 1. The molecule has 0 saturated carbocycles. The first-order chi connectivity index (χ1) is 9.46. The van der Waals surface area contributed by atoms with Gasteiger partial charge in [-0.25, -0.2) is 0 Å². The largest absolute Gasteiger partial charge is 0.481 e. The summed E-state index contributed by atoms with van der Waals surface area (Å²) in [4.78, 5) is 25.4. The molecule has 1 unspecified atom stereocenters. The fourth-order valence-electron chi connectivity index (χ4n) is 2.92. The van der Waals surface area contributed by atoms with E-state index in [-0.39, 0.29) is 18.4 Å². The van der Waals surface area contributed by atoms with Crippen LogP contribution in [0.2, 0.25) is 0 Å². The second-order valence-electron chi connectivity index (χ2n) is 5.50. The summed E-state index contributed by atoms with van der Waals surface area (Å²) < 4.78 is 5.27. The number of carbonyl (C=O) groups excluding carboxylic acids is 1. The minimum absolute atomic E-state index is 0.0251. The average Bonchev–Trinajstić information content (AvgIpc) is 2.40. The first-order valence-corrected chi connectivity index (χ1v) is 7.19. The molecule has 1 amide bonds. The Balaban J connectivity index is 2.87. The molecule has 0 radical (unpaired) electrons. The molecule has 1 saturated heterocycles. The van der Waals surface area contributed by atoms with Gasteiger partial charge in [-0.1, -0.05) is 0 Å². The van der Waals surface area contributed by atoms with Crippen LogP contribution in [0.15, 0.2) is 0 Å². The number of nitrogens with zero attached hydrogens (tertiary/aromatic N) is 1. The topological polar surface area (TPSA) is 78.9 Å². The van der Waals surface area contributed by atoms with Crippen molar-refractivity contribution < 1.29 is 19.4 Å². The summed E-state index contributed by atoms with van der Waals surface area (Å²) in [6, 6.07) is -0.298. The van der Waals surface area contributed by atoms with E-state index >= 15 is 0 Å². The van der Waals surface area contributed by atoms with Crippen molar-refractivity contribution in [3.8, 4) is 0 Å². The molecule has 116 valence electrons. The first kappa shape index (κ1) is 16.9. The van der Waals surface area contributed by atoms with Crippen molar-refractivity contribution in [1.82, 2.24) is 10.2 Å². The van der Waals surface area contributed by atoms with Crippen LogP contribution in [-0.4, -0.2) is 61.3 Å². The van der Waals surface area contributed by atoms with Crippen LogP contribution in [-0.2, 0) is 14.3 Å². The van der Waals surface area contributed by atoms with Gasteiger partial charge in [-0.2, -0.15) is 0 Å². The van der Waals surface area contributed by atoms with Crippen LogP contribution in [0.3, 0.4) is 0 Å². The van der Waals surface area contributed by atoms with Gasteiger partial charge in [-0.05, 0) is 39.8 Å². The van der Waals surface area contributed by atoms with Crippen LogP contribution in [0.4, 0.5) is 0 Å². The first-order valence-electron chi connectivity index (χ1n) is 7.19. The van der Waals surface area contributed by atoms with E-state index in [1.165, 1.54) is 0 Å². The summed E-state index contributed by atoms with van der Waals surface area (Å²) in [5, 5.41) is 12.2. The van der Waals surface area contributed by atoms with Crippen LogP contribution < -0.4 is 5.32 Å². The standard InChI is InChI=1S/C14H26N2O4/c1-4-16(11(2)9-12(17)18)13(19)14(10-20-3)5-7-15-8-6-14/h11,15H,4-10H2,1-3H3,(H,17,18). The number of piperidine rings is 1. The normalized spacial score (nSPS) is 19.4. The highest BCUT2D eigenvalue weighted by atomic mass is 16.5. The number of hydrogen-bond donors (Lipinski definition) is 2. The van der Waals surface area contributed by atoms with E-state index in [1.807, 2.05) is 6.92 Å². The van der Waals surface area contributed by atoms with Gasteiger partial charge in [0.1, 0.15) is 0 Å². The van der Waals surface area contributed by atoms with Crippen molar-refractivity contribution in [3.05, 3.63) is 0 Å². The molecular formula is C14H26N2O4. The SMILES string of the molecule is CCN(C(=O)C1(COC)CCNCC1)C(C)CC(=O)O. The molecule has 1 fully saturated rings. The van der Waals surface area contributed by atoms with Crippen molar-refractivity contribution in [3.63, 3.8) is 0 Å². The van der Waals surface area contributed by atoms with E-state index < -0.39 is 11.4 Å². The summed E-state index contributed by atoms with van der Waals surface area (Å²) in [7, 11) is 1.61. The van der Waals surface area contributed by atoms with Crippen LogP contribution in [0.5, 0.6) is 0 Å². The van der Waals surface area contributed by atoms with Gasteiger partial charge in [0.15, 0.2) is 0 Å². The highest BCUT2D eigenvalue weighted by Crippen LogP contribution is 2.32. The minimum atomic E-state index is -0.880. The summed E-state index contributed by atoms with van der Waals surface area (Å²) >= 11 is 0. The van der Waals surface area contributed by atoms with Crippen molar-refractivity contribution >= 4 is 11.9 Å². The van der Waals surface area contributed by atoms with E-state index in [0.717, 1.165) is 25.9 Å². The molecule has 1 heterocycles. The molecule has 0 aromatic heterocycles. The second-order valence-corrected chi connectivity index (χ2v) is 5.50. The van der Waals surface area contributed by atoms with Crippen LogP contribution in [0.1, 0.15) is 33.1 Å². The van der Waals surface area contributed by atoms with Crippen molar-refractivity contribution in [2.75, 3.05) is 33.4 Å². The molecule has 0 aromatic rings. The molecular weight excluding hydrogens is 260 g/mol. The number of rotatable bonds is 7. The number of aliphatic carboxylic acids is 1. The number of methoxy groups -OCH3 is 1. The minimum Gasteiger partial charge on any atom is -0.481 e. The average molecular weight is 286 g/mol. The zero-order valence-corrected chi connectivity index (χ0v) is 12.6. The molecule has 2 N–H and O–H groups in total. The van der Waals surface area contributed by atoms with E-state index in [9.17, 15) is 9.59 Å². The maximum atomic E-state index is 12.9. The third-order valence-electron chi connectivity index (χ3n) is 4.04. The molecule has 0 bridgehead atoms. The van der Waals surface area contributed by atoms with E-state index in [1.54, 1.807) is 18.9 Å². The Morgan fingerprint density at radius 1 is 1.40 bits per heavy atom. The van der Waals surface area contributed by atoms with Crippen LogP contribution in [0, 0.1) is 5.41 Å². The van der Waals surface area contributed by atoms with Gasteiger partial charge in [-0.15, -0.1) is 0 Å². The molecule has 20 heavy (non-hydrogen) atoms. The Labute approximate surface area is 120 Å². The number of ether oxygens (including phenoxy) is 1. The van der Waals surface area contributed by atoms with Crippen LogP contribution >= 0.6 is 0 Å². The van der Waals surface area contributed by atoms with Gasteiger partial charge in [0, 0.05) is 19.7 Å². The molecule has 0 spiro atoms. The number of carboxylic acid groups (broad SMARTS) is 1. The summed E-state index contributed by atoms with van der Waals surface area (Å²) in [5.74, 6) is -0.855. The Kier molecular flexibility index (Phi) is 6.42. The third-order valence-corrected chi connectivity index (χ3v) is 4.04. The predicted molar refractivity (Wildman–Crippen MR) is 75.5 cm³/mol. The predicted octanol–water partition coefficient (Wildman–Crippen LogP) is 0.714. The molecule has 6 nitrogen and oxygen atoms in total. The second kappa shape index (κ2) is 7.59.